The summed E-state index contributed by atoms with van der Waals surface area (Å²) in [4.78, 5) is 35.2. The lowest BCUT2D eigenvalue weighted by atomic mass is 9.98. The van der Waals surface area contributed by atoms with Crippen molar-refractivity contribution in [3.05, 3.63) is 35.4 Å². The molecule has 112 valence electrons. The van der Waals surface area contributed by atoms with Gasteiger partial charge in [-0.15, -0.1) is 0 Å². The first-order valence-electron chi connectivity index (χ1n) is 6.95. The van der Waals surface area contributed by atoms with Crippen LogP contribution in [0.2, 0.25) is 0 Å². The average Bonchev–Trinajstić information content (AvgIpc) is 2.50. The number of nitrogens with one attached hydrogen (secondary N) is 2. The Hall–Kier alpha value is -2.37. The second-order valence-corrected chi connectivity index (χ2v) is 4.82. The first-order valence-corrected chi connectivity index (χ1v) is 6.95. The molecule has 6 nitrogen and oxygen atoms in total. The quantitative estimate of drug-likeness (QED) is 0.769. The molecule has 0 bridgehead atoms. The lowest BCUT2D eigenvalue weighted by molar-refractivity contribution is -0.132. The molecule has 0 saturated carbocycles. The van der Waals surface area contributed by atoms with Crippen molar-refractivity contribution in [3.8, 4) is 0 Å². The first kappa shape index (κ1) is 15.0. The molecule has 1 atom stereocenters. The van der Waals surface area contributed by atoms with Crippen molar-refractivity contribution in [2.24, 2.45) is 0 Å². The molecule has 0 aliphatic carbocycles. The summed E-state index contributed by atoms with van der Waals surface area (Å²) in [6, 6.07) is 7.02. The maximum Gasteiger partial charge on any atom is 0.339 e. The fourth-order valence-corrected chi connectivity index (χ4v) is 2.09. The summed E-state index contributed by atoms with van der Waals surface area (Å²) in [6.45, 7) is 2.40. The van der Waals surface area contributed by atoms with Crippen LogP contribution in [0, 0.1) is 0 Å². The Labute approximate surface area is 122 Å². The fourth-order valence-electron chi connectivity index (χ4n) is 2.09. The summed E-state index contributed by atoms with van der Waals surface area (Å²) < 4.78 is 5.11. The highest BCUT2D eigenvalue weighted by atomic mass is 16.5. The van der Waals surface area contributed by atoms with Crippen molar-refractivity contribution in [2.45, 2.75) is 25.9 Å². The van der Waals surface area contributed by atoms with Gasteiger partial charge >= 0.3 is 5.97 Å². The van der Waals surface area contributed by atoms with Gasteiger partial charge in [0.1, 0.15) is 0 Å². The molecular formula is C15H18N2O4. The highest BCUT2D eigenvalue weighted by molar-refractivity contribution is 5.96. The van der Waals surface area contributed by atoms with Crippen LogP contribution in [0.25, 0.3) is 0 Å². The summed E-state index contributed by atoms with van der Waals surface area (Å²) in [5, 5.41) is 5.14. The molecule has 1 aromatic carbocycles. The third-order valence-corrected chi connectivity index (χ3v) is 3.18. The third kappa shape index (κ3) is 3.81. The first-order chi connectivity index (χ1) is 10.1. The van der Waals surface area contributed by atoms with Gasteiger partial charge in [-0.05, 0) is 18.1 Å². The van der Waals surface area contributed by atoms with E-state index in [1.54, 1.807) is 18.2 Å². The molecular weight excluding hydrogens is 272 g/mol. The molecule has 2 amide bonds. The van der Waals surface area contributed by atoms with E-state index < -0.39 is 18.0 Å². The van der Waals surface area contributed by atoms with E-state index in [0.29, 0.717) is 18.5 Å². The van der Waals surface area contributed by atoms with E-state index in [-0.39, 0.29) is 12.5 Å². The maximum absolute atomic E-state index is 12.0. The van der Waals surface area contributed by atoms with Crippen LogP contribution >= 0.6 is 0 Å². The van der Waals surface area contributed by atoms with Crippen molar-refractivity contribution in [2.75, 3.05) is 13.1 Å². The second-order valence-electron chi connectivity index (χ2n) is 4.82. The van der Waals surface area contributed by atoms with Gasteiger partial charge in [0, 0.05) is 13.0 Å². The smallest absolute Gasteiger partial charge is 0.339 e. The molecule has 1 aliphatic heterocycles. The van der Waals surface area contributed by atoms with Crippen LogP contribution < -0.4 is 10.6 Å². The average molecular weight is 290 g/mol. The number of ether oxygens (including phenoxy) is 1. The molecule has 0 aromatic heterocycles. The van der Waals surface area contributed by atoms with Gasteiger partial charge in [0.15, 0.2) is 6.10 Å². The normalized spacial score (nSPS) is 16.6. The van der Waals surface area contributed by atoms with Gasteiger partial charge in [0.25, 0.3) is 5.91 Å². The molecule has 0 radical (unpaired) electrons. The summed E-state index contributed by atoms with van der Waals surface area (Å²) in [5.41, 5.74) is 1.27. The Kier molecular flexibility index (Phi) is 4.92. The maximum atomic E-state index is 12.0. The molecule has 0 fully saturated rings. The Morgan fingerprint density at radius 3 is 2.81 bits per heavy atom. The molecule has 0 saturated heterocycles. The van der Waals surface area contributed by atoms with Gasteiger partial charge in [-0.25, -0.2) is 4.79 Å². The number of cyclic esters (lactones) is 1. The lowest BCUT2D eigenvalue weighted by Gasteiger charge is -2.23. The largest absolute Gasteiger partial charge is 0.448 e. The molecule has 2 N–H and O–H groups in total. The van der Waals surface area contributed by atoms with E-state index in [1.807, 2.05) is 13.0 Å². The second kappa shape index (κ2) is 6.88. The third-order valence-electron chi connectivity index (χ3n) is 3.18. The van der Waals surface area contributed by atoms with Crippen molar-refractivity contribution in [1.82, 2.24) is 10.6 Å². The number of benzene rings is 1. The lowest BCUT2D eigenvalue weighted by Crippen LogP contribution is -2.45. The van der Waals surface area contributed by atoms with Gasteiger partial charge in [-0.1, -0.05) is 25.1 Å². The van der Waals surface area contributed by atoms with Crippen molar-refractivity contribution in [1.29, 1.82) is 0 Å². The number of carbonyl (C=O) groups excluding carboxylic acids is 3. The summed E-state index contributed by atoms with van der Waals surface area (Å²) >= 11 is 0. The van der Waals surface area contributed by atoms with Gasteiger partial charge in [-0.2, -0.15) is 0 Å². The molecule has 1 aromatic rings. The Morgan fingerprint density at radius 1 is 1.29 bits per heavy atom. The highest BCUT2D eigenvalue weighted by Gasteiger charge is 2.30. The van der Waals surface area contributed by atoms with Crippen molar-refractivity contribution in [3.63, 3.8) is 0 Å². The minimum Gasteiger partial charge on any atom is -0.448 e. The van der Waals surface area contributed by atoms with Crippen LogP contribution in [-0.2, 0) is 20.7 Å². The molecule has 1 heterocycles. The molecule has 21 heavy (non-hydrogen) atoms. The van der Waals surface area contributed by atoms with Gasteiger partial charge < -0.3 is 15.4 Å². The standard InChI is InChI=1S/C15H18N2O4/c1-2-7-16-13(18)9-17-14(19)12-8-10-5-3-4-6-11(10)15(20)21-12/h3-6,12H,2,7-9H2,1H3,(H,16,18)(H,17,19). The molecule has 6 heteroatoms. The molecule has 1 aliphatic rings. The summed E-state index contributed by atoms with van der Waals surface area (Å²) in [5.74, 6) is -1.22. The van der Waals surface area contributed by atoms with Crippen molar-refractivity contribution >= 4 is 17.8 Å². The van der Waals surface area contributed by atoms with Crippen molar-refractivity contribution < 1.29 is 19.1 Å². The minimum atomic E-state index is -0.883. The van der Waals surface area contributed by atoms with Gasteiger partial charge in [0.2, 0.25) is 5.91 Å². The van der Waals surface area contributed by atoms with Crippen LogP contribution in [0.3, 0.4) is 0 Å². The predicted octanol–water partition coefficient (Wildman–Crippen LogP) is 0.410. The molecule has 0 spiro atoms. The zero-order valence-electron chi connectivity index (χ0n) is 11.8. The summed E-state index contributed by atoms with van der Waals surface area (Å²) in [7, 11) is 0. The van der Waals surface area contributed by atoms with E-state index in [2.05, 4.69) is 10.6 Å². The van der Waals surface area contributed by atoms with Crippen LogP contribution in [0.4, 0.5) is 0 Å². The summed E-state index contributed by atoms with van der Waals surface area (Å²) in [6.07, 6.45) is 0.271. The Morgan fingerprint density at radius 2 is 2.05 bits per heavy atom. The number of amides is 2. The van der Waals surface area contributed by atoms with Gasteiger partial charge in [0.05, 0.1) is 12.1 Å². The minimum absolute atomic E-state index is 0.117. The number of rotatable bonds is 5. The Bertz CT molecular complexity index is 556. The van der Waals surface area contributed by atoms with Crippen LogP contribution in [0.1, 0.15) is 29.3 Å². The number of fused-ring (bicyclic) bond motifs is 1. The van der Waals surface area contributed by atoms with Crippen LogP contribution in [-0.4, -0.2) is 37.0 Å². The predicted molar refractivity (Wildman–Crippen MR) is 75.7 cm³/mol. The van der Waals surface area contributed by atoms with E-state index in [1.165, 1.54) is 0 Å². The SMILES string of the molecule is CCCNC(=O)CNC(=O)C1Cc2ccccc2C(=O)O1. The van der Waals surface area contributed by atoms with Crippen LogP contribution in [0.5, 0.6) is 0 Å². The topological polar surface area (TPSA) is 84.5 Å². The molecule has 2 rings (SSSR count). The zero-order valence-corrected chi connectivity index (χ0v) is 11.8. The van der Waals surface area contributed by atoms with E-state index in [0.717, 1.165) is 12.0 Å². The fraction of sp³-hybridized carbons (Fsp3) is 0.400. The Balaban J connectivity index is 1.90. The number of carbonyl (C=O) groups is 3. The number of esters is 1. The van der Waals surface area contributed by atoms with Crippen LogP contribution in [0.15, 0.2) is 24.3 Å². The van der Waals surface area contributed by atoms with E-state index in [9.17, 15) is 14.4 Å². The van der Waals surface area contributed by atoms with E-state index in [4.69, 9.17) is 4.74 Å². The van der Waals surface area contributed by atoms with Gasteiger partial charge in [-0.3, -0.25) is 9.59 Å². The number of hydrogen-bond donors (Lipinski definition) is 2. The monoisotopic (exact) mass is 290 g/mol. The number of hydrogen-bond acceptors (Lipinski definition) is 4. The zero-order chi connectivity index (χ0) is 15.2. The molecule has 1 unspecified atom stereocenters. The highest BCUT2D eigenvalue weighted by Crippen LogP contribution is 2.20. The van der Waals surface area contributed by atoms with E-state index >= 15 is 0 Å².